The molecule has 0 saturated carbocycles. The van der Waals surface area contributed by atoms with Crippen molar-refractivity contribution in [3.8, 4) is 11.5 Å². The molecule has 9 nitrogen and oxygen atoms in total. The first-order valence-corrected chi connectivity index (χ1v) is 12.4. The minimum absolute atomic E-state index is 0.0672. The van der Waals surface area contributed by atoms with Crippen molar-refractivity contribution >= 4 is 33.2 Å². The maximum absolute atomic E-state index is 12.9. The van der Waals surface area contributed by atoms with Gasteiger partial charge in [0.25, 0.3) is 0 Å². The molecule has 2 aliphatic heterocycles. The van der Waals surface area contributed by atoms with E-state index in [1.54, 1.807) is 49.1 Å². The number of carbonyl (C=O) groups is 2. The highest BCUT2D eigenvalue weighted by atomic mass is 32.2. The second kappa shape index (κ2) is 9.40. The summed E-state index contributed by atoms with van der Waals surface area (Å²) < 4.78 is 38.0. The topological polar surface area (TPSA) is 105 Å². The molecule has 1 saturated heterocycles. The minimum atomic E-state index is -3.64. The van der Waals surface area contributed by atoms with Crippen LogP contribution < -0.4 is 19.7 Å². The Hall–Kier alpha value is -3.11. The molecule has 176 valence electrons. The number of hydrogen-bond donors (Lipinski definition) is 1. The van der Waals surface area contributed by atoms with Gasteiger partial charge in [-0.15, -0.1) is 0 Å². The second-order valence-electron chi connectivity index (χ2n) is 7.84. The molecule has 0 aliphatic carbocycles. The van der Waals surface area contributed by atoms with E-state index in [2.05, 4.69) is 5.32 Å². The van der Waals surface area contributed by atoms with E-state index in [0.29, 0.717) is 49.2 Å². The van der Waals surface area contributed by atoms with Crippen LogP contribution >= 0.6 is 0 Å². The Morgan fingerprint density at radius 2 is 1.82 bits per heavy atom. The highest BCUT2D eigenvalue weighted by Gasteiger charge is 2.36. The Morgan fingerprint density at radius 3 is 2.55 bits per heavy atom. The highest BCUT2D eigenvalue weighted by molar-refractivity contribution is 7.89. The summed E-state index contributed by atoms with van der Waals surface area (Å²) >= 11 is 0. The number of hydrogen-bond acceptors (Lipinski definition) is 6. The number of sulfonamides is 1. The van der Waals surface area contributed by atoms with Gasteiger partial charge in [-0.3, -0.25) is 9.59 Å². The van der Waals surface area contributed by atoms with E-state index < -0.39 is 15.9 Å². The number of nitrogens with zero attached hydrogens (tertiary/aromatic N) is 2. The molecule has 10 heteroatoms. The zero-order valence-electron chi connectivity index (χ0n) is 18.6. The standard InChI is InChI=1S/C23H27N3O6S/c1-3-25(4-2)33(29,30)19-7-5-6-17(13-19)24-23(28)16-12-22(27)26(15-16)18-8-9-20-21(14-18)32-11-10-31-20/h5-9,13-14,16H,3-4,10-12,15H2,1-2H3,(H,24,28)/t16-/m0/s1. The Morgan fingerprint density at radius 1 is 1.09 bits per heavy atom. The first-order chi connectivity index (χ1) is 15.8. The summed E-state index contributed by atoms with van der Waals surface area (Å²) in [6.45, 7) is 5.41. The van der Waals surface area contributed by atoms with Gasteiger partial charge in [0.15, 0.2) is 11.5 Å². The third kappa shape index (κ3) is 4.67. The van der Waals surface area contributed by atoms with E-state index in [1.165, 1.54) is 16.4 Å². The van der Waals surface area contributed by atoms with Crippen LogP contribution in [0.1, 0.15) is 20.3 Å². The summed E-state index contributed by atoms with van der Waals surface area (Å²) in [7, 11) is -3.64. The van der Waals surface area contributed by atoms with Crippen molar-refractivity contribution in [3.05, 3.63) is 42.5 Å². The molecule has 2 aromatic carbocycles. The largest absolute Gasteiger partial charge is 0.486 e. The SMILES string of the molecule is CCN(CC)S(=O)(=O)c1cccc(NC(=O)[C@H]2CC(=O)N(c3ccc4c(c3)OCCO4)C2)c1. The van der Waals surface area contributed by atoms with Crippen LogP contribution in [0.3, 0.4) is 0 Å². The second-order valence-corrected chi connectivity index (χ2v) is 9.78. The zero-order valence-corrected chi connectivity index (χ0v) is 19.4. The summed E-state index contributed by atoms with van der Waals surface area (Å²) in [5.74, 6) is 0.148. The summed E-state index contributed by atoms with van der Waals surface area (Å²) in [4.78, 5) is 27.2. The Balaban J connectivity index is 1.46. The van der Waals surface area contributed by atoms with Crippen LogP contribution in [0.25, 0.3) is 0 Å². The molecule has 2 aromatic rings. The van der Waals surface area contributed by atoms with Gasteiger partial charge in [-0.2, -0.15) is 4.31 Å². The maximum Gasteiger partial charge on any atom is 0.243 e. The molecule has 1 atom stereocenters. The number of carbonyl (C=O) groups excluding carboxylic acids is 2. The van der Waals surface area contributed by atoms with Gasteiger partial charge >= 0.3 is 0 Å². The molecule has 2 aliphatic rings. The molecule has 4 rings (SSSR count). The average Bonchev–Trinajstić information content (AvgIpc) is 3.21. The minimum Gasteiger partial charge on any atom is -0.486 e. The van der Waals surface area contributed by atoms with Gasteiger partial charge in [0.1, 0.15) is 13.2 Å². The molecule has 0 aromatic heterocycles. The number of nitrogens with one attached hydrogen (secondary N) is 1. The molecule has 0 spiro atoms. The van der Waals surface area contributed by atoms with E-state index in [4.69, 9.17) is 9.47 Å². The van der Waals surface area contributed by atoms with E-state index in [9.17, 15) is 18.0 Å². The molecular formula is C23H27N3O6S. The van der Waals surface area contributed by atoms with E-state index in [-0.39, 0.29) is 29.7 Å². The van der Waals surface area contributed by atoms with Crippen molar-refractivity contribution in [1.29, 1.82) is 0 Å². The van der Waals surface area contributed by atoms with Crippen molar-refractivity contribution in [1.82, 2.24) is 4.31 Å². The fourth-order valence-corrected chi connectivity index (χ4v) is 5.53. The monoisotopic (exact) mass is 473 g/mol. The van der Waals surface area contributed by atoms with E-state index >= 15 is 0 Å². The number of rotatable bonds is 7. The van der Waals surface area contributed by atoms with Crippen LogP contribution in [-0.4, -0.2) is 57.4 Å². The predicted molar refractivity (Wildman–Crippen MR) is 123 cm³/mol. The van der Waals surface area contributed by atoms with Gasteiger partial charge in [-0.05, 0) is 30.3 Å². The molecule has 0 radical (unpaired) electrons. The number of fused-ring (bicyclic) bond motifs is 1. The van der Waals surface area contributed by atoms with Crippen LogP contribution in [-0.2, 0) is 19.6 Å². The van der Waals surface area contributed by atoms with Crippen LogP contribution in [0.2, 0.25) is 0 Å². The normalized spacial score (nSPS) is 18.0. The number of amides is 2. The summed E-state index contributed by atoms with van der Waals surface area (Å²) in [6.07, 6.45) is 0.0672. The highest BCUT2D eigenvalue weighted by Crippen LogP contribution is 2.36. The van der Waals surface area contributed by atoms with Crippen molar-refractivity contribution in [2.45, 2.75) is 25.2 Å². The molecule has 2 heterocycles. The van der Waals surface area contributed by atoms with Gasteiger partial charge in [-0.1, -0.05) is 19.9 Å². The third-order valence-corrected chi connectivity index (χ3v) is 7.82. The predicted octanol–water partition coefficient (Wildman–Crippen LogP) is 2.48. The lowest BCUT2D eigenvalue weighted by Crippen LogP contribution is -2.31. The lowest BCUT2D eigenvalue weighted by atomic mass is 10.1. The molecule has 1 N–H and O–H groups in total. The lowest BCUT2D eigenvalue weighted by Gasteiger charge is -2.22. The van der Waals surface area contributed by atoms with Crippen molar-refractivity contribution < 1.29 is 27.5 Å². The molecule has 0 unspecified atom stereocenters. The van der Waals surface area contributed by atoms with E-state index in [0.717, 1.165) is 0 Å². The lowest BCUT2D eigenvalue weighted by molar-refractivity contribution is -0.122. The third-order valence-electron chi connectivity index (χ3n) is 5.78. The smallest absolute Gasteiger partial charge is 0.243 e. The average molecular weight is 474 g/mol. The first kappa shape index (κ1) is 23.1. The van der Waals surface area contributed by atoms with Crippen molar-refractivity contribution in [2.75, 3.05) is 43.1 Å². The molecular weight excluding hydrogens is 446 g/mol. The van der Waals surface area contributed by atoms with Crippen LogP contribution in [0.4, 0.5) is 11.4 Å². The van der Waals surface area contributed by atoms with Gasteiger partial charge in [-0.25, -0.2) is 8.42 Å². The molecule has 1 fully saturated rings. The van der Waals surface area contributed by atoms with Crippen molar-refractivity contribution in [2.24, 2.45) is 5.92 Å². The van der Waals surface area contributed by atoms with Gasteiger partial charge in [0.05, 0.1) is 10.8 Å². The summed E-state index contributed by atoms with van der Waals surface area (Å²) in [5, 5.41) is 2.77. The van der Waals surface area contributed by atoms with Crippen molar-refractivity contribution in [3.63, 3.8) is 0 Å². The quantitative estimate of drug-likeness (QED) is 0.662. The Labute approximate surface area is 193 Å². The Kier molecular flexibility index (Phi) is 6.57. The van der Waals surface area contributed by atoms with Gasteiger partial charge in [0, 0.05) is 43.5 Å². The number of benzene rings is 2. The van der Waals surface area contributed by atoms with Gasteiger partial charge < -0.3 is 19.7 Å². The summed E-state index contributed by atoms with van der Waals surface area (Å²) in [6, 6.07) is 11.4. The fourth-order valence-electron chi connectivity index (χ4n) is 4.02. The maximum atomic E-state index is 12.9. The first-order valence-electron chi connectivity index (χ1n) is 10.9. The molecule has 33 heavy (non-hydrogen) atoms. The van der Waals surface area contributed by atoms with Crippen LogP contribution in [0, 0.1) is 5.92 Å². The zero-order chi connectivity index (χ0) is 23.6. The number of anilines is 2. The van der Waals surface area contributed by atoms with Gasteiger partial charge in [0.2, 0.25) is 21.8 Å². The number of ether oxygens (including phenoxy) is 2. The molecule has 0 bridgehead atoms. The Bertz CT molecular complexity index is 1160. The summed E-state index contributed by atoms with van der Waals surface area (Å²) in [5.41, 5.74) is 1.02. The molecule has 2 amide bonds. The van der Waals surface area contributed by atoms with Crippen LogP contribution in [0.15, 0.2) is 47.4 Å². The fraction of sp³-hybridized carbons (Fsp3) is 0.391. The van der Waals surface area contributed by atoms with Crippen LogP contribution in [0.5, 0.6) is 11.5 Å². The van der Waals surface area contributed by atoms with E-state index in [1.807, 2.05) is 0 Å².